The number of nitrogens with zero attached hydrogens (tertiary/aromatic N) is 2. The van der Waals surface area contributed by atoms with Gasteiger partial charge in [-0.05, 0) is 43.4 Å². The molecule has 1 N–H and O–H groups in total. The van der Waals surface area contributed by atoms with Crippen LogP contribution >= 0.6 is 22.9 Å². The van der Waals surface area contributed by atoms with E-state index < -0.39 is 10.0 Å². The normalized spacial score (nSPS) is 19.7. The summed E-state index contributed by atoms with van der Waals surface area (Å²) in [5, 5.41) is 1.91. The minimum atomic E-state index is -3.63. The Bertz CT molecular complexity index is 763. The molecule has 0 bridgehead atoms. The van der Waals surface area contributed by atoms with Gasteiger partial charge in [0.1, 0.15) is 0 Å². The topological polar surface area (TPSA) is 63.5 Å². The summed E-state index contributed by atoms with van der Waals surface area (Å²) in [6.45, 7) is 0.519. The van der Waals surface area contributed by atoms with Crippen LogP contribution in [0.5, 0.6) is 0 Å². The molecule has 0 radical (unpaired) electrons. The fourth-order valence-corrected chi connectivity index (χ4v) is 5.54. The van der Waals surface area contributed by atoms with Gasteiger partial charge in [0.2, 0.25) is 0 Å². The predicted octanol–water partition coefficient (Wildman–Crippen LogP) is 2.76. The second-order valence-electron chi connectivity index (χ2n) is 5.95. The number of nitrogens with one attached hydrogen (secondary N) is 1. The second-order valence-corrected chi connectivity index (χ2v) is 8.87. The van der Waals surface area contributed by atoms with E-state index in [9.17, 15) is 8.42 Å². The van der Waals surface area contributed by atoms with Crippen LogP contribution in [-0.2, 0) is 10.0 Å². The van der Waals surface area contributed by atoms with Crippen molar-refractivity contribution in [1.82, 2.24) is 14.1 Å². The SMILES string of the molecule is O=S(=O)(NCC(C1CC1)C1CC1)c1c(Cl)nc2sccn12. The molecule has 2 aromatic rings. The van der Waals surface area contributed by atoms with Crippen molar-refractivity contribution in [1.29, 1.82) is 0 Å². The molecule has 2 aromatic heterocycles. The number of fused-ring (bicyclic) bond motifs is 1. The van der Waals surface area contributed by atoms with E-state index in [4.69, 9.17) is 11.6 Å². The Balaban J connectivity index is 1.58. The van der Waals surface area contributed by atoms with E-state index in [1.807, 2.05) is 0 Å². The molecule has 0 saturated heterocycles. The Morgan fingerprint density at radius 2 is 2.05 bits per heavy atom. The quantitative estimate of drug-likeness (QED) is 0.875. The number of imidazole rings is 1. The van der Waals surface area contributed by atoms with Crippen LogP contribution in [0.4, 0.5) is 0 Å². The summed E-state index contributed by atoms with van der Waals surface area (Å²) >= 11 is 7.38. The van der Waals surface area contributed by atoms with E-state index in [-0.39, 0.29) is 10.2 Å². The lowest BCUT2D eigenvalue weighted by atomic mass is 9.99. The summed E-state index contributed by atoms with van der Waals surface area (Å²) in [7, 11) is -3.63. The van der Waals surface area contributed by atoms with E-state index in [0.717, 1.165) is 0 Å². The Labute approximate surface area is 132 Å². The summed E-state index contributed by atoms with van der Waals surface area (Å²) in [6.07, 6.45) is 6.65. The zero-order valence-corrected chi connectivity index (χ0v) is 13.7. The molecule has 0 aromatic carbocycles. The van der Waals surface area contributed by atoms with Gasteiger partial charge in [-0.2, -0.15) is 0 Å². The third-order valence-electron chi connectivity index (χ3n) is 4.40. The molecule has 2 fully saturated rings. The summed E-state index contributed by atoms with van der Waals surface area (Å²) in [4.78, 5) is 4.69. The van der Waals surface area contributed by atoms with Gasteiger partial charge in [0.25, 0.3) is 10.0 Å². The van der Waals surface area contributed by atoms with Crippen LogP contribution in [0.15, 0.2) is 16.6 Å². The van der Waals surface area contributed by atoms with Gasteiger partial charge < -0.3 is 0 Å². The lowest BCUT2D eigenvalue weighted by Gasteiger charge is -2.16. The lowest BCUT2D eigenvalue weighted by Crippen LogP contribution is -2.32. The van der Waals surface area contributed by atoms with Crippen molar-refractivity contribution in [2.45, 2.75) is 30.7 Å². The Morgan fingerprint density at radius 3 is 2.67 bits per heavy atom. The van der Waals surface area contributed by atoms with Crippen molar-refractivity contribution in [2.75, 3.05) is 6.54 Å². The van der Waals surface area contributed by atoms with Crippen molar-refractivity contribution in [2.24, 2.45) is 17.8 Å². The van der Waals surface area contributed by atoms with Crippen molar-refractivity contribution in [3.05, 3.63) is 16.7 Å². The van der Waals surface area contributed by atoms with E-state index >= 15 is 0 Å². The maximum atomic E-state index is 12.6. The van der Waals surface area contributed by atoms with Gasteiger partial charge in [0.05, 0.1) is 0 Å². The maximum Gasteiger partial charge on any atom is 0.259 e. The molecule has 0 spiro atoms. The summed E-state index contributed by atoms with van der Waals surface area (Å²) in [5.41, 5.74) is 0. The third-order valence-corrected chi connectivity index (χ3v) is 6.98. The van der Waals surface area contributed by atoms with Gasteiger partial charge in [-0.1, -0.05) is 11.6 Å². The number of thiazole rings is 1. The van der Waals surface area contributed by atoms with Crippen LogP contribution in [0.3, 0.4) is 0 Å². The zero-order chi connectivity index (χ0) is 14.6. The molecule has 2 aliphatic carbocycles. The molecule has 0 unspecified atom stereocenters. The molecule has 4 rings (SSSR count). The highest BCUT2D eigenvalue weighted by molar-refractivity contribution is 7.89. The highest BCUT2D eigenvalue weighted by atomic mass is 35.5. The first-order chi connectivity index (χ1) is 10.1. The van der Waals surface area contributed by atoms with Crippen molar-refractivity contribution in [3.8, 4) is 0 Å². The van der Waals surface area contributed by atoms with E-state index in [2.05, 4.69) is 9.71 Å². The molecule has 2 saturated carbocycles. The van der Waals surface area contributed by atoms with Crippen LogP contribution in [0.2, 0.25) is 5.15 Å². The number of halogens is 1. The number of rotatable bonds is 6. The minimum absolute atomic E-state index is 0.0451. The van der Waals surface area contributed by atoms with Gasteiger partial charge in [0.15, 0.2) is 15.1 Å². The van der Waals surface area contributed by atoms with Crippen molar-refractivity contribution < 1.29 is 8.42 Å². The van der Waals surface area contributed by atoms with Crippen LogP contribution in [0.25, 0.3) is 4.96 Å². The van der Waals surface area contributed by atoms with Crippen LogP contribution in [0.1, 0.15) is 25.7 Å². The molecule has 0 atom stereocenters. The van der Waals surface area contributed by atoms with E-state index in [1.54, 1.807) is 16.0 Å². The summed E-state index contributed by atoms with van der Waals surface area (Å²) in [5.74, 6) is 1.91. The molecule has 21 heavy (non-hydrogen) atoms. The maximum absolute atomic E-state index is 12.6. The second kappa shape index (κ2) is 4.94. The molecule has 2 aliphatic rings. The highest BCUT2D eigenvalue weighted by Crippen LogP contribution is 2.48. The molecule has 8 heteroatoms. The van der Waals surface area contributed by atoms with Crippen molar-refractivity contribution in [3.63, 3.8) is 0 Å². The number of hydrogen-bond acceptors (Lipinski definition) is 4. The van der Waals surface area contributed by atoms with Gasteiger partial charge in [0, 0.05) is 18.1 Å². The highest BCUT2D eigenvalue weighted by Gasteiger charge is 2.42. The Hall–Kier alpha value is -0.630. The largest absolute Gasteiger partial charge is 0.279 e. The van der Waals surface area contributed by atoms with Gasteiger partial charge in [-0.3, -0.25) is 4.40 Å². The van der Waals surface area contributed by atoms with E-state index in [1.165, 1.54) is 37.0 Å². The average Bonchev–Trinajstić information content (AvgIpc) is 3.31. The Morgan fingerprint density at radius 1 is 1.38 bits per heavy atom. The summed E-state index contributed by atoms with van der Waals surface area (Å²) < 4.78 is 29.4. The third kappa shape index (κ3) is 2.60. The lowest BCUT2D eigenvalue weighted by molar-refractivity contribution is 0.401. The zero-order valence-electron chi connectivity index (χ0n) is 11.3. The fourth-order valence-electron chi connectivity index (χ4n) is 3.02. The first-order valence-corrected chi connectivity index (χ1v) is 9.91. The average molecular weight is 346 g/mol. The number of sulfonamides is 1. The molecule has 2 heterocycles. The van der Waals surface area contributed by atoms with Gasteiger partial charge in [-0.15, -0.1) is 11.3 Å². The minimum Gasteiger partial charge on any atom is -0.279 e. The molecular formula is C13H16ClN3O2S2. The Kier molecular flexibility index (Phi) is 3.29. The summed E-state index contributed by atoms with van der Waals surface area (Å²) in [6, 6.07) is 0. The number of hydrogen-bond donors (Lipinski definition) is 1. The van der Waals surface area contributed by atoms with Gasteiger partial charge in [-0.25, -0.2) is 18.1 Å². The van der Waals surface area contributed by atoms with Crippen molar-refractivity contribution >= 4 is 37.9 Å². The van der Waals surface area contributed by atoms with Gasteiger partial charge >= 0.3 is 0 Å². The molecule has 114 valence electrons. The first kappa shape index (κ1) is 14.0. The number of aromatic nitrogens is 2. The van der Waals surface area contributed by atoms with Crippen LogP contribution in [0, 0.1) is 17.8 Å². The van der Waals surface area contributed by atoms with Crippen LogP contribution in [-0.4, -0.2) is 24.3 Å². The molecule has 0 aliphatic heterocycles. The standard InChI is InChI=1S/C13H16ClN3O2S2/c14-11-12(17-5-6-20-13(17)16-11)21(18,19)15-7-10(8-1-2-8)9-3-4-9/h5-6,8-10,15H,1-4,7H2. The molecular weight excluding hydrogens is 330 g/mol. The monoisotopic (exact) mass is 345 g/mol. The molecule has 0 amide bonds. The fraction of sp³-hybridized carbons (Fsp3) is 0.615. The van der Waals surface area contributed by atoms with Crippen LogP contribution < -0.4 is 4.72 Å². The predicted molar refractivity (Wildman–Crippen MR) is 82.2 cm³/mol. The first-order valence-electron chi connectivity index (χ1n) is 7.17. The van der Waals surface area contributed by atoms with E-state index in [0.29, 0.717) is 29.3 Å². The smallest absolute Gasteiger partial charge is 0.259 e. The molecule has 5 nitrogen and oxygen atoms in total.